The fourth-order valence-corrected chi connectivity index (χ4v) is 5.30. The maximum absolute atomic E-state index is 13.9. The van der Waals surface area contributed by atoms with E-state index in [0.29, 0.717) is 17.7 Å². The standard InChI is InChI=1S/C22H37N6O7P/c1-13(2)33-20(29)16(6)35-36(31,27-22(7,8)21(30)34-14(3)4)12-32-15(5)9-28-11-26-17-18(23)24-10-25-19(17)28/h10-11,13-16H,9,12H2,1-8H3,(H,27,31)(H2,23,24,25)/t15-,16-,36+/m1/s1. The first-order valence-electron chi connectivity index (χ1n) is 11.6. The second-order valence-electron chi connectivity index (χ2n) is 9.53. The van der Waals surface area contributed by atoms with Crippen molar-refractivity contribution in [3.8, 4) is 0 Å². The number of esters is 2. The topological polar surface area (TPSA) is 170 Å². The van der Waals surface area contributed by atoms with Crippen molar-refractivity contribution in [1.29, 1.82) is 0 Å². The van der Waals surface area contributed by atoms with E-state index in [0.717, 1.165) is 0 Å². The molecule has 0 saturated heterocycles. The monoisotopic (exact) mass is 528 g/mol. The number of rotatable bonds is 13. The van der Waals surface area contributed by atoms with Crippen molar-refractivity contribution >= 4 is 36.4 Å². The third-order valence-corrected chi connectivity index (χ3v) is 6.77. The lowest BCUT2D eigenvalue weighted by atomic mass is 10.1. The number of imidazole rings is 1. The number of nitrogens with two attached hydrogens (primary N) is 1. The summed E-state index contributed by atoms with van der Waals surface area (Å²) < 4.78 is 37.5. The van der Waals surface area contributed by atoms with Gasteiger partial charge in [0.15, 0.2) is 17.6 Å². The highest BCUT2D eigenvalue weighted by molar-refractivity contribution is 7.56. The predicted molar refractivity (Wildman–Crippen MR) is 133 cm³/mol. The van der Waals surface area contributed by atoms with Crippen LogP contribution in [0.1, 0.15) is 55.4 Å². The molecule has 0 bridgehead atoms. The molecule has 3 atom stereocenters. The molecule has 0 aliphatic heterocycles. The van der Waals surface area contributed by atoms with Gasteiger partial charge >= 0.3 is 11.9 Å². The van der Waals surface area contributed by atoms with Gasteiger partial charge in [-0.25, -0.2) is 24.8 Å². The third-order valence-electron chi connectivity index (χ3n) is 4.73. The summed E-state index contributed by atoms with van der Waals surface area (Å²) in [6, 6.07) is 0. The zero-order valence-corrected chi connectivity index (χ0v) is 22.9. The van der Waals surface area contributed by atoms with Gasteiger partial charge in [-0.3, -0.25) is 9.36 Å². The average Bonchev–Trinajstić information content (AvgIpc) is 3.15. The van der Waals surface area contributed by atoms with Crippen molar-refractivity contribution in [2.24, 2.45) is 0 Å². The summed E-state index contributed by atoms with van der Waals surface area (Å²) in [5.74, 6) is -1.06. The maximum Gasteiger partial charge on any atom is 0.335 e. The molecule has 2 rings (SSSR count). The maximum atomic E-state index is 13.9. The van der Waals surface area contributed by atoms with E-state index in [1.54, 1.807) is 45.5 Å². The van der Waals surface area contributed by atoms with Gasteiger partial charge in [0, 0.05) is 0 Å². The van der Waals surface area contributed by atoms with Crippen LogP contribution >= 0.6 is 7.52 Å². The Morgan fingerprint density at radius 2 is 1.72 bits per heavy atom. The van der Waals surface area contributed by atoms with Gasteiger partial charge in [0.2, 0.25) is 0 Å². The number of carbonyl (C=O) groups is 2. The highest BCUT2D eigenvalue weighted by Crippen LogP contribution is 2.46. The van der Waals surface area contributed by atoms with E-state index in [1.807, 2.05) is 0 Å². The summed E-state index contributed by atoms with van der Waals surface area (Å²) in [4.78, 5) is 37.2. The molecule has 2 aromatic rings. The second kappa shape index (κ2) is 12.1. The van der Waals surface area contributed by atoms with E-state index >= 15 is 0 Å². The van der Waals surface area contributed by atoms with Gasteiger partial charge in [0.25, 0.3) is 7.52 Å². The van der Waals surface area contributed by atoms with Crippen LogP contribution in [-0.4, -0.2) is 67.8 Å². The molecule has 0 aliphatic rings. The first-order valence-corrected chi connectivity index (χ1v) is 13.5. The largest absolute Gasteiger partial charge is 0.462 e. The number of aromatic nitrogens is 4. The summed E-state index contributed by atoms with van der Waals surface area (Å²) >= 11 is 0. The number of nitrogens with one attached hydrogen (secondary N) is 1. The third kappa shape index (κ3) is 8.22. The van der Waals surface area contributed by atoms with Gasteiger partial charge < -0.3 is 29.0 Å². The van der Waals surface area contributed by atoms with Crippen LogP contribution in [-0.2, 0) is 39.4 Å². The van der Waals surface area contributed by atoms with E-state index in [4.69, 9.17) is 24.5 Å². The minimum atomic E-state index is -3.94. The molecule has 0 amide bonds. The molecule has 202 valence electrons. The lowest BCUT2D eigenvalue weighted by Gasteiger charge is -2.32. The van der Waals surface area contributed by atoms with Crippen molar-refractivity contribution in [2.75, 3.05) is 12.1 Å². The Hall–Kier alpha value is -2.60. The number of fused-ring (bicyclic) bond motifs is 1. The normalized spacial score (nSPS) is 15.6. The van der Waals surface area contributed by atoms with Gasteiger partial charge in [0.1, 0.15) is 23.7 Å². The molecule has 0 aromatic carbocycles. The lowest BCUT2D eigenvalue weighted by molar-refractivity contribution is -0.155. The van der Waals surface area contributed by atoms with Crippen molar-refractivity contribution in [1.82, 2.24) is 24.6 Å². The van der Waals surface area contributed by atoms with Crippen LogP contribution in [0.3, 0.4) is 0 Å². The average molecular weight is 529 g/mol. The Bertz CT molecular complexity index is 1100. The fourth-order valence-electron chi connectivity index (χ4n) is 3.14. The van der Waals surface area contributed by atoms with E-state index in [1.165, 1.54) is 27.1 Å². The van der Waals surface area contributed by atoms with Crippen LogP contribution in [0.5, 0.6) is 0 Å². The Kier molecular flexibility index (Phi) is 9.95. The summed E-state index contributed by atoms with van der Waals surface area (Å²) in [5.41, 5.74) is 5.42. The summed E-state index contributed by atoms with van der Waals surface area (Å²) in [5, 5.41) is 2.74. The molecule has 3 N–H and O–H groups in total. The van der Waals surface area contributed by atoms with E-state index < -0.39 is 43.6 Å². The zero-order chi connectivity index (χ0) is 27.3. The van der Waals surface area contributed by atoms with Crippen LogP contribution < -0.4 is 10.8 Å². The molecule has 0 aliphatic carbocycles. The number of ether oxygens (including phenoxy) is 3. The van der Waals surface area contributed by atoms with Crippen LogP contribution in [0, 0.1) is 0 Å². The van der Waals surface area contributed by atoms with Crippen molar-refractivity contribution in [3.63, 3.8) is 0 Å². The highest BCUT2D eigenvalue weighted by atomic mass is 31.2. The smallest absolute Gasteiger partial charge is 0.335 e. The van der Waals surface area contributed by atoms with Crippen LogP contribution in [0.4, 0.5) is 5.82 Å². The highest BCUT2D eigenvalue weighted by Gasteiger charge is 2.41. The zero-order valence-electron chi connectivity index (χ0n) is 22.0. The molecule has 2 aromatic heterocycles. The predicted octanol–water partition coefficient (Wildman–Crippen LogP) is 2.64. The molecular weight excluding hydrogens is 491 g/mol. The van der Waals surface area contributed by atoms with Gasteiger partial charge in [-0.05, 0) is 55.4 Å². The summed E-state index contributed by atoms with van der Waals surface area (Å²) in [6.45, 7) is 13.3. The van der Waals surface area contributed by atoms with Crippen molar-refractivity contribution < 1.29 is 32.9 Å². The van der Waals surface area contributed by atoms with Gasteiger partial charge in [-0.2, -0.15) is 0 Å². The SMILES string of the molecule is CC(C)OC(=O)[C@@H](C)O[P@@](=O)(CO[C@H](C)Cn1cnc2c(N)ncnc21)NC(C)(C)C(=O)OC(C)C. The van der Waals surface area contributed by atoms with Crippen molar-refractivity contribution in [2.45, 2.75) is 91.9 Å². The quantitative estimate of drug-likeness (QED) is 0.288. The number of nitrogens with zero attached hydrogens (tertiary/aromatic N) is 4. The lowest BCUT2D eigenvalue weighted by Crippen LogP contribution is -2.48. The van der Waals surface area contributed by atoms with Gasteiger partial charge in [-0.15, -0.1) is 0 Å². The van der Waals surface area contributed by atoms with Crippen LogP contribution in [0.25, 0.3) is 11.2 Å². The number of carbonyl (C=O) groups excluding carboxylic acids is 2. The molecule has 0 spiro atoms. The number of hydrogen-bond donors (Lipinski definition) is 2. The van der Waals surface area contributed by atoms with Gasteiger partial charge in [0.05, 0.1) is 31.2 Å². The summed E-state index contributed by atoms with van der Waals surface area (Å²) in [7, 11) is -3.94. The molecule has 0 saturated carbocycles. The molecule has 36 heavy (non-hydrogen) atoms. The number of anilines is 1. The number of hydrogen-bond acceptors (Lipinski definition) is 11. The second-order valence-corrected chi connectivity index (χ2v) is 11.6. The van der Waals surface area contributed by atoms with Crippen molar-refractivity contribution in [3.05, 3.63) is 12.7 Å². The molecule has 0 unspecified atom stereocenters. The fraction of sp³-hybridized carbons (Fsp3) is 0.682. The van der Waals surface area contributed by atoms with E-state index in [9.17, 15) is 14.2 Å². The minimum Gasteiger partial charge on any atom is -0.462 e. The number of nitrogen functional groups attached to an aromatic ring is 1. The first kappa shape index (κ1) is 29.6. The molecule has 13 nitrogen and oxygen atoms in total. The Morgan fingerprint density at radius 3 is 2.33 bits per heavy atom. The minimum absolute atomic E-state index is 0.257. The molecule has 2 heterocycles. The van der Waals surface area contributed by atoms with Crippen LogP contribution in [0.15, 0.2) is 12.7 Å². The first-order chi connectivity index (χ1) is 16.6. The Morgan fingerprint density at radius 1 is 1.08 bits per heavy atom. The van der Waals surface area contributed by atoms with E-state index in [-0.39, 0.29) is 18.0 Å². The van der Waals surface area contributed by atoms with E-state index in [2.05, 4.69) is 20.0 Å². The Labute approximate surface area is 210 Å². The molecule has 0 radical (unpaired) electrons. The summed E-state index contributed by atoms with van der Waals surface area (Å²) in [6.07, 6.45) is 0.0304. The van der Waals surface area contributed by atoms with Gasteiger partial charge in [-0.1, -0.05) is 0 Å². The molecular formula is C22H37N6O7P. The van der Waals surface area contributed by atoms with Crippen LogP contribution in [0.2, 0.25) is 0 Å². The Balaban J connectivity index is 2.18. The molecule has 14 heteroatoms. The molecule has 0 fully saturated rings.